The topological polar surface area (TPSA) is 0 Å². The first-order valence-electron chi connectivity index (χ1n) is 3.29. The third-order valence-corrected chi connectivity index (χ3v) is 2.51. The second-order valence-electron chi connectivity index (χ2n) is 2.19. The van der Waals surface area contributed by atoms with Crippen molar-refractivity contribution in [1.29, 1.82) is 0 Å². The van der Waals surface area contributed by atoms with Crippen molar-refractivity contribution in [3.05, 3.63) is 45.9 Å². The number of hydrogen-bond acceptors (Lipinski definition) is 0. The zero-order chi connectivity index (χ0) is 8.27. The fraction of sp³-hybridized carbons (Fsp3) is 0.111. The van der Waals surface area contributed by atoms with Crippen LogP contribution in [0.25, 0.3) is 0 Å². The van der Waals surface area contributed by atoms with Crippen molar-refractivity contribution in [2.24, 2.45) is 0 Å². The van der Waals surface area contributed by atoms with Crippen molar-refractivity contribution in [3.63, 3.8) is 0 Å². The summed E-state index contributed by atoms with van der Waals surface area (Å²) in [4.78, 5) is 0. The van der Waals surface area contributed by atoms with Crippen molar-refractivity contribution in [3.8, 4) is 0 Å². The van der Waals surface area contributed by atoms with Crippen molar-refractivity contribution < 1.29 is 0 Å². The minimum absolute atomic E-state index is 0.791. The van der Waals surface area contributed by atoms with E-state index in [1.165, 1.54) is 0 Å². The molecule has 0 aliphatic carbocycles. The minimum atomic E-state index is 0.791. The average Bonchev–Trinajstić information content (AvgIpc) is 1.97. The van der Waals surface area contributed by atoms with Gasteiger partial charge in [0.05, 0.1) is 0 Å². The summed E-state index contributed by atoms with van der Waals surface area (Å²) < 4.78 is 1.05. The molecule has 58 valence electrons. The third kappa shape index (κ3) is 2.08. The second-order valence-corrected chi connectivity index (χ2v) is 3.45. The molecule has 0 amide bonds. The molecule has 0 saturated carbocycles. The van der Waals surface area contributed by atoms with Gasteiger partial charge in [-0.05, 0) is 24.1 Å². The summed E-state index contributed by atoms with van der Waals surface area (Å²) in [6.07, 6.45) is 2.65. The van der Waals surface area contributed by atoms with Crippen molar-refractivity contribution in [1.82, 2.24) is 0 Å². The molecular formula is C9H8BrCl. The van der Waals surface area contributed by atoms with Crippen LogP contribution in [0.5, 0.6) is 0 Å². The highest BCUT2D eigenvalue weighted by Crippen LogP contribution is 2.24. The zero-order valence-electron chi connectivity index (χ0n) is 5.98. The predicted octanol–water partition coefficient (Wildman–Crippen LogP) is 3.83. The van der Waals surface area contributed by atoms with Gasteiger partial charge in [0.1, 0.15) is 0 Å². The number of hydrogen-bond donors (Lipinski definition) is 0. The van der Waals surface area contributed by atoms with E-state index in [0.29, 0.717) is 0 Å². The van der Waals surface area contributed by atoms with E-state index in [0.717, 1.165) is 21.5 Å². The summed E-state index contributed by atoms with van der Waals surface area (Å²) in [6.45, 7) is 3.66. The SMILES string of the molecule is C=CCc1c(Cl)cccc1Br. The van der Waals surface area contributed by atoms with Gasteiger partial charge in [-0.1, -0.05) is 39.7 Å². The Morgan fingerprint density at radius 2 is 2.27 bits per heavy atom. The van der Waals surface area contributed by atoms with Crippen LogP contribution in [0.3, 0.4) is 0 Å². The smallest absolute Gasteiger partial charge is 0.0452 e. The predicted molar refractivity (Wildman–Crippen MR) is 53.1 cm³/mol. The van der Waals surface area contributed by atoms with Gasteiger partial charge < -0.3 is 0 Å². The Labute approximate surface area is 80.0 Å². The van der Waals surface area contributed by atoms with Crippen LogP contribution in [-0.4, -0.2) is 0 Å². The van der Waals surface area contributed by atoms with Gasteiger partial charge in [0.15, 0.2) is 0 Å². The molecule has 1 rings (SSSR count). The molecule has 2 heteroatoms. The molecule has 1 aromatic rings. The van der Waals surface area contributed by atoms with Gasteiger partial charge in [-0.15, -0.1) is 6.58 Å². The summed E-state index contributed by atoms with van der Waals surface area (Å²) in [7, 11) is 0. The largest absolute Gasteiger partial charge is 0.103 e. The van der Waals surface area contributed by atoms with Crippen molar-refractivity contribution >= 4 is 27.5 Å². The summed E-state index contributed by atoms with van der Waals surface area (Å²) in [5.41, 5.74) is 1.10. The van der Waals surface area contributed by atoms with Crippen LogP contribution in [0, 0.1) is 0 Å². The van der Waals surface area contributed by atoms with Gasteiger partial charge in [-0.3, -0.25) is 0 Å². The molecule has 0 unspecified atom stereocenters. The van der Waals surface area contributed by atoms with E-state index in [2.05, 4.69) is 22.5 Å². The molecule has 0 aliphatic heterocycles. The normalized spacial score (nSPS) is 9.64. The molecule has 0 N–H and O–H groups in total. The Kier molecular flexibility index (Phi) is 3.16. The van der Waals surface area contributed by atoms with E-state index < -0.39 is 0 Å². The fourth-order valence-corrected chi connectivity index (χ4v) is 1.77. The average molecular weight is 232 g/mol. The third-order valence-electron chi connectivity index (χ3n) is 1.41. The van der Waals surface area contributed by atoms with Crippen LogP contribution < -0.4 is 0 Å². The Balaban J connectivity index is 3.09. The summed E-state index contributed by atoms with van der Waals surface area (Å²) in [5, 5.41) is 0.791. The van der Waals surface area contributed by atoms with E-state index >= 15 is 0 Å². The Hall–Kier alpha value is -0.270. The first-order chi connectivity index (χ1) is 5.25. The van der Waals surface area contributed by atoms with Gasteiger partial charge in [-0.25, -0.2) is 0 Å². The lowest BCUT2D eigenvalue weighted by Gasteiger charge is -2.02. The molecule has 0 radical (unpaired) electrons. The van der Waals surface area contributed by atoms with Gasteiger partial charge in [-0.2, -0.15) is 0 Å². The van der Waals surface area contributed by atoms with E-state index in [-0.39, 0.29) is 0 Å². The summed E-state index contributed by atoms with van der Waals surface area (Å²) >= 11 is 9.35. The molecule has 0 aromatic heterocycles. The lowest BCUT2D eigenvalue weighted by Crippen LogP contribution is -1.83. The monoisotopic (exact) mass is 230 g/mol. The Morgan fingerprint density at radius 1 is 1.55 bits per heavy atom. The van der Waals surface area contributed by atoms with Crippen LogP contribution >= 0.6 is 27.5 Å². The zero-order valence-corrected chi connectivity index (χ0v) is 8.32. The van der Waals surface area contributed by atoms with Gasteiger partial charge in [0.25, 0.3) is 0 Å². The van der Waals surface area contributed by atoms with Crippen LogP contribution in [-0.2, 0) is 6.42 Å². The van der Waals surface area contributed by atoms with E-state index in [1.54, 1.807) is 0 Å². The second kappa shape index (κ2) is 3.93. The minimum Gasteiger partial charge on any atom is -0.103 e. The Morgan fingerprint density at radius 3 is 2.82 bits per heavy atom. The molecule has 0 heterocycles. The maximum Gasteiger partial charge on any atom is 0.0452 e. The molecule has 0 atom stereocenters. The number of halogens is 2. The molecule has 1 aromatic carbocycles. The number of benzene rings is 1. The van der Waals surface area contributed by atoms with Crippen LogP contribution in [0.2, 0.25) is 5.02 Å². The van der Waals surface area contributed by atoms with Crippen LogP contribution in [0.1, 0.15) is 5.56 Å². The van der Waals surface area contributed by atoms with Crippen molar-refractivity contribution in [2.75, 3.05) is 0 Å². The van der Waals surface area contributed by atoms with Crippen LogP contribution in [0.15, 0.2) is 35.3 Å². The molecule has 0 bridgehead atoms. The molecule has 11 heavy (non-hydrogen) atoms. The van der Waals surface area contributed by atoms with Gasteiger partial charge in [0, 0.05) is 9.50 Å². The number of allylic oxidation sites excluding steroid dienone is 1. The summed E-state index contributed by atoms with van der Waals surface area (Å²) in [5.74, 6) is 0. The highest BCUT2D eigenvalue weighted by Gasteiger charge is 2.00. The van der Waals surface area contributed by atoms with E-state index in [4.69, 9.17) is 11.6 Å². The van der Waals surface area contributed by atoms with Gasteiger partial charge >= 0.3 is 0 Å². The first kappa shape index (κ1) is 8.82. The van der Waals surface area contributed by atoms with Crippen LogP contribution in [0.4, 0.5) is 0 Å². The maximum absolute atomic E-state index is 5.93. The fourth-order valence-electron chi connectivity index (χ4n) is 0.872. The first-order valence-corrected chi connectivity index (χ1v) is 4.46. The molecular weight excluding hydrogens is 223 g/mol. The van der Waals surface area contributed by atoms with Gasteiger partial charge in [0.2, 0.25) is 0 Å². The van der Waals surface area contributed by atoms with E-state index in [9.17, 15) is 0 Å². The standard InChI is InChI=1S/C9H8BrCl/c1-2-4-7-8(10)5-3-6-9(7)11/h2-3,5-6H,1,4H2. The Bertz CT molecular complexity index is 248. The molecule has 0 aliphatic rings. The lowest BCUT2D eigenvalue weighted by atomic mass is 10.1. The van der Waals surface area contributed by atoms with E-state index in [1.807, 2.05) is 24.3 Å². The lowest BCUT2D eigenvalue weighted by molar-refractivity contribution is 1.26. The molecule has 0 spiro atoms. The number of rotatable bonds is 2. The highest BCUT2D eigenvalue weighted by atomic mass is 79.9. The highest BCUT2D eigenvalue weighted by molar-refractivity contribution is 9.10. The van der Waals surface area contributed by atoms with Crippen molar-refractivity contribution in [2.45, 2.75) is 6.42 Å². The molecule has 0 fully saturated rings. The quantitative estimate of drug-likeness (QED) is 0.679. The molecule has 0 nitrogen and oxygen atoms in total. The summed E-state index contributed by atoms with van der Waals surface area (Å²) in [6, 6.07) is 5.77. The maximum atomic E-state index is 5.93. The molecule has 0 saturated heterocycles.